The second-order valence-electron chi connectivity index (χ2n) is 6.54. The molecule has 2 aromatic heterocycles. The highest BCUT2D eigenvalue weighted by Crippen LogP contribution is 2.37. The van der Waals surface area contributed by atoms with Crippen molar-refractivity contribution in [2.45, 2.75) is 6.61 Å². The molecule has 0 radical (unpaired) electrons. The fourth-order valence-corrected chi connectivity index (χ4v) is 3.85. The molecule has 5 aromatic rings. The molecule has 6 heteroatoms. The predicted molar refractivity (Wildman–Crippen MR) is 107 cm³/mol. The molecule has 0 fully saturated rings. The second-order valence-corrected chi connectivity index (χ2v) is 6.98. The van der Waals surface area contributed by atoms with Gasteiger partial charge in [-0.15, -0.1) is 0 Å². The van der Waals surface area contributed by atoms with E-state index in [9.17, 15) is 14.7 Å². The minimum absolute atomic E-state index is 0.0969. The number of hydrogen-bond donors (Lipinski definition) is 3. The van der Waals surface area contributed by atoms with E-state index in [1.54, 1.807) is 24.5 Å². The molecular formula is C21H13ClN2O3. The molecule has 0 saturated carbocycles. The summed E-state index contributed by atoms with van der Waals surface area (Å²) in [6.45, 7) is -0.0969. The standard InChI is InChI=1S/C21H13ClN2O3/c22-11-2-4-17-13(6-11)15(8-24-17)19-18(20(26)21(19)27)14-7-23-16-3-1-10(9-25)5-12(14)16/h1-8,23-25H,9H2. The van der Waals surface area contributed by atoms with E-state index >= 15 is 0 Å². The van der Waals surface area contributed by atoms with Gasteiger partial charge in [0.2, 0.25) is 10.9 Å². The molecule has 2 heterocycles. The monoisotopic (exact) mass is 376 g/mol. The second kappa shape index (κ2) is 5.67. The van der Waals surface area contributed by atoms with Crippen LogP contribution in [-0.4, -0.2) is 15.1 Å². The number of halogens is 1. The van der Waals surface area contributed by atoms with Crippen molar-refractivity contribution in [3.05, 3.63) is 79.8 Å². The molecule has 5 rings (SSSR count). The number of nitrogens with one attached hydrogen (secondary N) is 2. The fraction of sp³-hybridized carbons (Fsp3) is 0.0476. The first kappa shape index (κ1) is 16.1. The Labute approximate surface area is 157 Å². The van der Waals surface area contributed by atoms with Gasteiger partial charge in [0.05, 0.1) is 6.61 Å². The number of aromatic amines is 2. The van der Waals surface area contributed by atoms with Gasteiger partial charge in [-0.25, -0.2) is 0 Å². The van der Waals surface area contributed by atoms with Crippen molar-refractivity contribution in [3.63, 3.8) is 0 Å². The molecular weight excluding hydrogens is 364 g/mol. The minimum atomic E-state index is -0.503. The molecule has 3 aromatic carbocycles. The molecule has 0 aliphatic heterocycles. The Bertz CT molecular complexity index is 1420. The maximum atomic E-state index is 12.5. The van der Waals surface area contributed by atoms with Gasteiger partial charge in [0.1, 0.15) is 0 Å². The van der Waals surface area contributed by atoms with Crippen molar-refractivity contribution in [2.24, 2.45) is 0 Å². The molecule has 5 nitrogen and oxygen atoms in total. The summed E-state index contributed by atoms with van der Waals surface area (Å²) >= 11 is 6.12. The summed E-state index contributed by atoms with van der Waals surface area (Å²) in [6, 6.07) is 10.9. The zero-order chi connectivity index (χ0) is 18.7. The zero-order valence-electron chi connectivity index (χ0n) is 14.0. The maximum Gasteiger partial charge on any atom is 0.235 e. The Morgan fingerprint density at radius 2 is 1.37 bits per heavy atom. The molecule has 132 valence electrons. The quantitative estimate of drug-likeness (QED) is 0.419. The third-order valence-electron chi connectivity index (χ3n) is 5.02. The van der Waals surface area contributed by atoms with Crippen molar-refractivity contribution in [1.82, 2.24) is 9.97 Å². The van der Waals surface area contributed by atoms with Crippen molar-refractivity contribution in [2.75, 3.05) is 0 Å². The van der Waals surface area contributed by atoms with Crippen LogP contribution in [0.2, 0.25) is 5.02 Å². The molecule has 3 N–H and O–H groups in total. The fourth-order valence-electron chi connectivity index (χ4n) is 3.68. The lowest BCUT2D eigenvalue weighted by Crippen LogP contribution is -2.34. The van der Waals surface area contributed by atoms with Crippen LogP contribution in [-0.2, 0) is 6.61 Å². The van der Waals surface area contributed by atoms with Crippen molar-refractivity contribution in [1.29, 1.82) is 0 Å². The lowest BCUT2D eigenvalue weighted by molar-refractivity contribution is 0.282. The van der Waals surface area contributed by atoms with E-state index in [0.717, 1.165) is 27.4 Å². The van der Waals surface area contributed by atoms with Crippen LogP contribution >= 0.6 is 11.6 Å². The summed E-state index contributed by atoms with van der Waals surface area (Å²) in [6.07, 6.45) is 3.46. The molecule has 0 amide bonds. The minimum Gasteiger partial charge on any atom is -0.392 e. The Kier molecular flexibility index (Phi) is 3.37. The Morgan fingerprint density at radius 1 is 0.815 bits per heavy atom. The van der Waals surface area contributed by atoms with Crippen LogP contribution in [0.1, 0.15) is 5.56 Å². The van der Waals surface area contributed by atoms with Crippen LogP contribution in [0.5, 0.6) is 0 Å². The highest BCUT2D eigenvalue weighted by molar-refractivity contribution is 6.31. The number of benzene rings is 2. The smallest absolute Gasteiger partial charge is 0.235 e. The molecule has 0 aliphatic rings. The summed E-state index contributed by atoms with van der Waals surface area (Å²) in [5, 5.41) is 11.6. The van der Waals surface area contributed by atoms with Crippen molar-refractivity contribution < 1.29 is 5.11 Å². The van der Waals surface area contributed by atoms with Gasteiger partial charge in [0.15, 0.2) is 0 Å². The number of aliphatic hydroxyl groups excluding tert-OH is 1. The molecule has 0 spiro atoms. The summed E-state index contributed by atoms with van der Waals surface area (Å²) in [4.78, 5) is 31.2. The first-order valence-electron chi connectivity index (χ1n) is 8.40. The topological polar surface area (TPSA) is 85.9 Å². The SMILES string of the molecule is O=c1c(-c2c[nH]c3ccc(Cl)cc23)c(-c2c[nH]c3ccc(CO)cc23)c1=O. The molecule has 0 saturated heterocycles. The Morgan fingerprint density at radius 3 is 1.96 bits per heavy atom. The lowest BCUT2D eigenvalue weighted by atomic mass is 9.89. The normalized spacial score (nSPS) is 11.8. The first-order chi connectivity index (χ1) is 13.1. The van der Waals surface area contributed by atoms with Crippen LogP contribution in [0.3, 0.4) is 0 Å². The summed E-state index contributed by atoms with van der Waals surface area (Å²) in [7, 11) is 0. The number of aliphatic hydroxyl groups is 1. The van der Waals surface area contributed by atoms with E-state index in [1.165, 1.54) is 0 Å². The summed E-state index contributed by atoms with van der Waals surface area (Å²) in [5.74, 6) is 0. The first-order valence-corrected chi connectivity index (χ1v) is 8.78. The van der Waals surface area contributed by atoms with Crippen LogP contribution in [0.4, 0.5) is 0 Å². The molecule has 0 atom stereocenters. The summed E-state index contributed by atoms with van der Waals surface area (Å²) in [5.41, 5.74) is 3.53. The van der Waals surface area contributed by atoms with Gasteiger partial charge in [0.25, 0.3) is 0 Å². The van der Waals surface area contributed by atoms with E-state index in [0.29, 0.717) is 27.3 Å². The maximum absolute atomic E-state index is 12.5. The van der Waals surface area contributed by atoms with Crippen LogP contribution in [0, 0.1) is 0 Å². The van der Waals surface area contributed by atoms with Gasteiger partial charge >= 0.3 is 0 Å². The number of rotatable bonds is 3. The van der Waals surface area contributed by atoms with Crippen molar-refractivity contribution >= 4 is 33.4 Å². The third-order valence-corrected chi connectivity index (χ3v) is 5.26. The number of H-pyrrole nitrogens is 2. The Balaban J connectivity index is 1.79. The van der Waals surface area contributed by atoms with E-state index in [4.69, 9.17) is 11.6 Å². The van der Waals surface area contributed by atoms with Gasteiger partial charge in [-0.1, -0.05) is 17.7 Å². The van der Waals surface area contributed by atoms with Gasteiger partial charge in [-0.05, 0) is 35.9 Å². The molecule has 0 unspecified atom stereocenters. The highest BCUT2D eigenvalue weighted by atomic mass is 35.5. The Hall–Kier alpha value is -3.15. The van der Waals surface area contributed by atoms with E-state index in [1.807, 2.05) is 24.3 Å². The van der Waals surface area contributed by atoms with Crippen LogP contribution in [0.25, 0.3) is 44.1 Å². The summed E-state index contributed by atoms with van der Waals surface area (Å²) < 4.78 is 0. The molecule has 0 aliphatic carbocycles. The zero-order valence-corrected chi connectivity index (χ0v) is 14.7. The van der Waals surface area contributed by atoms with Gasteiger partial charge in [-0.2, -0.15) is 0 Å². The molecule has 0 bridgehead atoms. The van der Waals surface area contributed by atoms with Crippen LogP contribution < -0.4 is 10.9 Å². The van der Waals surface area contributed by atoms with Gasteiger partial charge in [0, 0.05) is 61.5 Å². The highest BCUT2D eigenvalue weighted by Gasteiger charge is 2.27. The number of aromatic nitrogens is 2. The lowest BCUT2D eigenvalue weighted by Gasteiger charge is -2.10. The number of hydrogen-bond acceptors (Lipinski definition) is 3. The largest absolute Gasteiger partial charge is 0.392 e. The van der Waals surface area contributed by atoms with E-state index < -0.39 is 10.9 Å². The number of fused-ring (bicyclic) bond motifs is 2. The molecule has 27 heavy (non-hydrogen) atoms. The van der Waals surface area contributed by atoms with Gasteiger partial charge < -0.3 is 15.1 Å². The van der Waals surface area contributed by atoms with Crippen molar-refractivity contribution in [3.8, 4) is 22.3 Å². The van der Waals surface area contributed by atoms with E-state index in [2.05, 4.69) is 9.97 Å². The average molecular weight is 377 g/mol. The van der Waals surface area contributed by atoms with Gasteiger partial charge in [-0.3, -0.25) is 9.59 Å². The average Bonchev–Trinajstić information content (AvgIpc) is 3.28. The predicted octanol–water partition coefficient (Wildman–Crippen LogP) is 3.72. The third kappa shape index (κ3) is 2.22. The van der Waals surface area contributed by atoms with Crippen LogP contribution in [0.15, 0.2) is 58.4 Å². The van der Waals surface area contributed by atoms with E-state index in [-0.39, 0.29) is 6.61 Å².